The summed E-state index contributed by atoms with van der Waals surface area (Å²) in [7, 11) is 1.53. The highest BCUT2D eigenvalue weighted by Crippen LogP contribution is 2.32. The second-order valence-corrected chi connectivity index (χ2v) is 8.01. The van der Waals surface area contributed by atoms with Gasteiger partial charge in [-0.15, -0.1) is 0 Å². The van der Waals surface area contributed by atoms with Gasteiger partial charge in [0.15, 0.2) is 6.40 Å². The molecule has 1 atom stereocenters. The first-order valence-electron chi connectivity index (χ1n) is 10.2. The fraction of sp³-hybridized carbons (Fsp3) is 0.348. The molecule has 0 bridgehead atoms. The molecule has 0 spiro atoms. The van der Waals surface area contributed by atoms with E-state index in [9.17, 15) is 9.59 Å². The van der Waals surface area contributed by atoms with Gasteiger partial charge in [0.2, 0.25) is 0 Å². The van der Waals surface area contributed by atoms with Gasteiger partial charge in [-0.1, -0.05) is 0 Å². The number of nitrogens with two attached hydrogens (primary N) is 1. The molecule has 1 aliphatic rings. The van der Waals surface area contributed by atoms with E-state index in [-0.39, 0.29) is 6.10 Å². The third kappa shape index (κ3) is 6.13. The monoisotopic (exact) mass is 440 g/mol. The van der Waals surface area contributed by atoms with Gasteiger partial charge in [-0.3, -0.25) is 14.6 Å². The summed E-state index contributed by atoms with van der Waals surface area (Å²) in [4.78, 5) is 28.9. The minimum Gasteiger partial charge on any atom is -0.496 e. The average molecular weight is 441 g/mol. The number of nitrogens with zero attached hydrogens (tertiary/aromatic N) is 1. The van der Waals surface area contributed by atoms with Crippen molar-refractivity contribution in [2.24, 2.45) is 4.99 Å². The number of hydrogen-bond donors (Lipinski definition) is 3. The highest BCUT2D eigenvalue weighted by Gasteiger charge is 2.25. The fourth-order valence-corrected chi connectivity index (χ4v) is 3.13. The predicted molar refractivity (Wildman–Crippen MR) is 122 cm³/mol. The van der Waals surface area contributed by atoms with Crippen molar-refractivity contribution in [3.05, 3.63) is 48.0 Å². The maximum absolute atomic E-state index is 12.4. The molecule has 0 fully saturated rings. The highest BCUT2D eigenvalue weighted by molar-refractivity contribution is 6.39. The Morgan fingerprint density at radius 3 is 2.59 bits per heavy atom. The number of aliphatic imine (C=N–C) groups is 1. The Bertz CT molecular complexity index is 980. The van der Waals surface area contributed by atoms with E-state index >= 15 is 0 Å². The lowest BCUT2D eigenvalue weighted by molar-refractivity contribution is -0.137. The van der Waals surface area contributed by atoms with Crippen LogP contribution in [0, 0.1) is 0 Å². The number of nitrogens with one attached hydrogen (secondary N) is 2. The summed E-state index contributed by atoms with van der Waals surface area (Å²) < 4.78 is 16.5. The van der Waals surface area contributed by atoms with E-state index in [0.29, 0.717) is 42.4 Å². The molecular weight excluding hydrogens is 412 g/mol. The molecule has 3 rings (SSSR count). The largest absolute Gasteiger partial charge is 0.496 e. The molecule has 9 nitrogen and oxygen atoms in total. The summed E-state index contributed by atoms with van der Waals surface area (Å²) in [5, 5.41) is 5.34. The molecule has 2 amide bonds. The van der Waals surface area contributed by atoms with Gasteiger partial charge < -0.3 is 30.6 Å². The van der Waals surface area contributed by atoms with Crippen molar-refractivity contribution >= 4 is 29.6 Å². The van der Waals surface area contributed by atoms with Crippen LogP contribution < -0.4 is 25.8 Å². The van der Waals surface area contributed by atoms with Crippen LogP contribution in [0.25, 0.3) is 0 Å². The maximum Gasteiger partial charge on any atom is 0.313 e. The smallest absolute Gasteiger partial charge is 0.313 e. The van der Waals surface area contributed by atoms with Crippen molar-refractivity contribution < 1.29 is 23.8 Å². The van der Waals surface area contributed by atoms with Crippen molar-refractivity contribution in [3.63, 3.8) is 0 Å². The number of hydrogen-bond acceptors (Lipinski definition) is 7. The van der Waals surface area contributed by atoms with E-state index in [1.54, 1.807) is 42.5 Å². The van der Waals surface area contributed by atoms with Crippen molar-refractivity contribution in [2.45, 2.75) is 31.9 Å². The van der Waals surface area contributed by atoms with Crippen LogP contribution in [0.15, 0.2) is 47.5 Å². The van der Waals surface area contributed by atoms with Crippen LogP contribution in [-0.4, -0.2) is 44.0 Å². The van der Waals surface area contributed by atoms with E-state index in [1.165, 1.54) is 13.5 Å². The molecule has 0 aliphatic carbocycles. The van der Waals surface area contributed by atoms with Crippen molar-refractivity contribution in [2.75, 3.05) is 31.3 Å². The molecule has 32 heavy (non-hydrogen) atoms. The summed E-state index contributed by atoms with van der Waals surface area (Å²) >= 11 is 0. The Morgan fingerprint density at radius 2 is 1.94 bits per heavy atom. The molecule has 1 aliphatic heterocycles. The SMILES string of the molecule is COc1cc(NC(=O)C(=O)NC(C)(C)CCOc2ccc(N)cc2)ccc1C1CN=CO1. The van der Waals surface area contributed by atoms with Gasteiger partial charge in [0, 0.05) is 35.0 Å². The van der Waals surface area contributed by atoms with E-state index < -0.39 is 17.4 Å². The van der Waals surface area contributed by atoms with Gasteiger partial charge in [0.1, 0.15) is 17.6 Å². The number of carbonyl (C=O) groups is 2. The lowest BCUT2D eigenvalue weighted by atomic mass is 10.0. The molecule has 170 valence electrons. The third-order valence-electron chi connectivity index (χ3n) is 4.94. The summed E-state index contributed by atoms with van der Waals surface area (Å²) in [6.45, 7) is 4.52. The standard InChI is InChI=1S/C23H28N4O5/c1-23(2,10-11-31-17-7-4-15(24)5-8-17)27-22(29)21(28)26-16-6-9-18(19(12-16)30-3)20-13-25-14-32-20/h4-9,12,14,20H,10-11,13,24H2,1-3H3,(H,26,28)(H,27,29). The van der Waals surface area contributed by atoms with Gasteiger partial charge in [-0.25, -0.2) is 0 Å². The molecule has 0 aromatic heterocycles. The zero-order chi connectivity index (χ0) is 23.1. The number of rotatable bonds is 8. The first kappa shape index (κ1) is 22.9. The Labute approximate surface area is 186 Å². The molecule has 0 saturated heterocycles. The molecule has 2 aromatic carbocycles. The highest BCUT2D eigenvalue weighted by atomic mass is 16.5. The summed E-state index contributed by atoms with van der Waals surface area (Å²) in [6, 6.07) is 12.2. The van der Waals surface area contributed by atoms with Crippen molar-refractivity contribution in [3.8, 4) is 11.5 Å². The minimum atomic E-state index is -0.771. The van der Waals surface area contributed by atoms with Gasteiger partial charge >= 0.3 is 11.8 Å². The third-order valence-corrected chi connectivity index (χ3v) is 4.94. The van der Waals surface area contributed by atoms with Crippen molar-refractivity contribution in [1.82, 2.24) is 5.32 Å². The number of benzene rings is 2. The van der Waals surface area contributed by atoms with Crippen LogP contribution in [0.4, 0.5) is 11.4 Å². The van der Waals surface area contributed by atoms with E-state index in [0.717, 1.165) is 5.56 Å². The number of anilines is 2. The van der Waals surface area contributed by atoms with Gasteiger partial charge in [0.05, 0.1) is 20.3 Å². The van der Waals surface area contributed by atoms with Crippen molar-refractivity contribution in [1.29, 1.82) is 0 Å². The Kier molecular flexibility index (Phi) is 7.19. The van der Waals surface area contributed by atoms with Crippen LogP contribution in [0.3, 0.4) is 0 Å². The van der Waals surface area contributed by atoms with Gasteiger partial charge in [0.25, 0.3) is 0 Å². The Morgan fingerprint density at radius 1 is 1.19 bits per heavy atom. The molecule has 2 aromatic rings. The molecule has 9 heteroatoms. The average Bonchev–Trinajstić information content (AvgIpc) is 3.29. The molecule has 4 N–H and O–H groups in total. The van der Waals surface area contributed by atoms with Crippen LogP contribution in [0.1, 0.15) is 31.9 Å². The topological polar surface area (TPSA) is 124 Å². The number of ether oxygens (including phenoxy) is 3. The van der Waals surface area contributed by atoms with Gasteiger partial charge in [-0.05, 0) is 50.2 Å². The molecule has 0 radical (unpaired) electrons. The number of methoxy groups -OCH3 is 1. The zero-order valence-electron chi connectivity index (χ0n) is 18.4. The quantitative estimate of drug-likeness (QED) is 0.428. The first-order valence-corrected chi connectivity index (χ1v) is 10.2. The second-order valence-electron chi connectivity index (χ2n) is 8.01. The summed E-state index contributed by atoms with van der Waals surface area (Å²) in [5.41, 5.74) is 6.92. The fourth-order valence-electron chi connectivity index (χ4n) is 3.13. The zero-order valence-corrected chi connectivity index (χ0v) is 18.4. The van der Waals surface area contributed by atoms with Gasteiger partial charge in [-0.2, -0.15) is 0 Å². The lowest BCUT2D eigenvalue weighted by Crippen LogP contribution is -2.48. The van der Waals surface area contributed by atoms with E-state index in [4.69, 9.17) is 19.9 Å². The van der Waals surface area contributed by atoms with Crippen LogP contribution >= 0.6 is 0 Å². The number of carbonyl (C=O) groups excluding carboxylic acids is 2. The Balaban J connectivity index is 1.52. The van der Waals surface area contributed by atoms with Crippen LogP contribution in [0.2, 0.25) is 0 Å². The molecule has 1 heterocycles. The summed E-state index contributed by atoms with van der Waals surface area (Å²) in [5.74, 6) is -0.282. The van der Waals surface area contributed by atoms with Crippen LogP contribution in [0.5, 0.6) is 11.5 Å². The molecule has 1 unspecified atom stereocenters. The maximum atomic E-state index is 12.4. The minimum absolute atomic E-state index is 0.228. The number of amides is 2. The second kappa shape index (κ2) is 10.0. The lowest BCUT2D eigenvalue weighted by Gasteiger charge is -2.26. The first-order chi connectivity index (χ1) is 15.3. The van der Waals surface area contributed by atoms with Crippen LogP contribution in [-0.2, 0) is 14.3 Å². The molecule has 0 saturated carbocycles. The predicted octanol–water partition coefficient (Wildman–Crippen LogP) is 2.68. The summed E-state index contributed by atoms with van der Waals surface area (Å²) in [6.07, 6.45) is 1.68. The number of nitrogen functional groups attached to an aromatic ring is 1. The van der Waals surface area contributed by atoms with E-state index in [1.807, 2.05) is 13.8 Å². The molecular formula is C23H28N4O5. The Hall–Kier alpha value is -3.75. The normalized spacial score (nSPS) is 15.0. The van der Waals surface area contributed by atoms with E-state index in [2.05, 4.69) is 15.6 Å².